The second-order valence-corrected chi connectivity index (χ2v) is 9.91. The topological polar surface area (TPSA) is 44.1 Å². The van der Waals surface area contributed by atoms with Gasteiger partial charge in [0.25, 0.3) is 0 Å². The molecule has 0 spiro atoms. The van der Waals surface area contributed by atoms with Gasteiger partial charge in [0, 0.05) is 20.6 Å². The molecule has 0 aliphatic heterocycles. The van der Waals surface area contributed by atoms with Gasteiger partial charge >= 0.3 is 5.97 Å². The highest BCUT2D eigenvalue weighted by Crippen LogP contribution is 2.36. The van der Waals surface area contributed by atoms with Crippen molar-refractivity contribution in [1.29, 1.82) is 0 Å². The van der Waals surface area contributed by atoms with Crippen molar-refractivity contribution in [3.8, 4) is 16.9 Å². The molecule has 1 aromatic heterocycles. The van der Waals surface area contributed by atoms with Crippen LogP contribution in [0.4, 0.5) is 0 Å². The molecule has 0 N–H and O–H groups in total. The van der Waals surface area contributed by atoms with Crippen LogP contribution in [0.3, 0.4) is 0 Å². The maximum atomic E-state index is 12.8. The number of benzene rings is 2. The molecule has 0 saturated heterocycles. The number of halogens is 3. The Balaban J connectivity index is 2.35. The predicted molar refractivity (Wildman–Crippen MR) is 126 cm³/mol. The lowest BCUT2D eigenvalue weighted by atomic mass is 9.86. The number of carbonyl (C=O) groups is 1. The zero-order valence-corrected chi connectivity index (χ0v) is 20.4. The Hall–Kier alpha value is -1.82. The Labute approximate surface area is 195 Å². The molecule has 0 amide bonds. The molecule has 7 heteroatoms. The number of hydrogen-bond acceptors (Lipinski definition) is 3. The zero-order valence-electron chi connectivity index (χ0n) is 17.3. The molecule has 2 aromatic carbocycles. The Kier molecular flexibility index (Phi) is 6.95. The van der Waals surface area contributed by atoms with Crippen molar-refractivity contribution in [2.24, 2.45) is 5.41 Å². The predicted octanol–water partition coefficient (Wildman–Crippen LogP) is 7.37. The van der Waals surface area contributed by atoms with Gasteiger partial charge in [-0.2, -0.15) is 5.10 Å². The fourth-order valence-corrected chi connectivity index (χ4v) is 4.00. The highest BCUT2D eigenvalue weighted by Gasteiger charge is 2.29. The molecule has 0 radical (unpaired) electrons. The molecule has 1 heterocycles. The summed E-state index contributed by atoms with van der Waals surface area (Å²) >= 11 is 16.1. The maximum Gasteiger partial charge on any atom is 0.359 e. The van der Waals surface area contributed by atoms with E-state index >= 15 is 0 Å². The summed E-state index contributed by atoms with van der Waals surface area (Å²) in [5.74, 6) is -0.445. The number of aromatic nitrogens is 2. The summed E-state index contributed by atoms with van der Waals surface area (Å²) in [6, 6.07) is 13.1. The number of nitrogens with zero attached hydrogens (tertiary/aromatic N) is 2. The van der Waals surface area contributed by atoms with Gasteiger partial charge in [0.05, 0.1) is 23.0 Å². The van der Waals surface area contributed by atoms with Crippen molar-refractivity contribution < 1.29 is 9.53 Å². The Bertz CT molecular complexity index is 1070. The summed E-state index contributed by atoms with van der Waals surface area (Å²) < 4.78 is 8.00. The number of carbonyl (C=O) groups excluding carboxylic acids is 1. The molecule has 3 aromatic rings. The van der Waals surface area contributed by atoms with Gasteiger partial charge in [-0.25, -0.2) is 9.48 Å². The number of hydrogen-bond donors (Lipinski definition) is 0. The number of ether oxygens (including phenoxy) is 1. The molecule has 4 nitrogen and oxygen atoms in total. The SMILES string of the molecule is CCOC(=O)c1nn(-c2ccc(Cl)cc2Cl)c(-c2ccc(Br)cc2)c1CC(C)(C)C. The van der Waals surface area contributed by atoms with E-state index in [4.69, 9.17) is 27.9 Å². The largest absolute Gasteiger partial charge is 0.461 e. The molecular weight excluding hydrogens is 487 g/mol. The second-order valence-electron chi connectivity index (χ2n) is 8.15. The van der Waals surface area contributed by atoms with Crippen LogP contribution in [-0.4, -0.2) is 22.4 Å². The zero-order chi connectivity index (χ0) is 22.1. The maximum absolute atomic E-state index is 12.8. The van der Waals surface area contributed by atoms with E-state index in [2.05, 4.69) is 41.8 Å². The minimum Gasteiger partial charge on any atom is -0.461 e. The van der Waals surface area contributed by atoms with Crippen molar-refractivity contribution in [3.63, 3.8) is 0 Å². The van der Waals surface area contributed by atoms with E-state index in [0.29, 0.717) is 27.8 Å². The van der Waals surface area contributed by atoms with Crippen molar-refractivity contribution in [3.05, 3.63) is 68.2 Å². The highest BCUT2D eigenvalue weighted by molar-refractivity contribution is 9.10. The number of esters is 1. The summed E-state index contributed by atoms with van der Waals surface area (Å²) in [6.45, 7) is 8.43. The van der Waals surface area contributed by atoms with Crippen LogP contribution in [0, 0.1) is 5.41 Å². The molecule has 0 saturated carbocycles. The van der Waals surface area contributed by atoms with Crippen LogP contribution >= 0.6 is 39.1 Å². The summed E-state index contributed by atoms with van der Waals surface area (Å²) in [5.41, 5.74) is 3.43. The third-order valence-electron chi connectivity index (χ3n) is 4.41. The second kappa shape index (κ2) is 9.13. The first-order chi connectivity index (χ1) is 14.1. The number of rotatable bonds is 5. The normalized spacial score (nSPS) is 11.6. The molecule has 0 aliphatic carbocycles. The van der Waals surface area contributed by atoms with Crippen LogP contribution in [0.5, 0.6) is 0 Å². The average Bonchev–Trinajstić information content (AvgIpc) is 3.00. The van der Waals surface area contributed by atoms with Gasteiger partial charge in [0.1, 0.15) is 0 Å². The van der Waals surface area contributed by atoms with Crippen molar-refractivity contribution >= 4 is 45.1 Å². The minimum atomic E-state index is -0.445. The Morgan fingerprint density at radius 3 is 2.37 bits per heavy atom. The Morgan fingerprint density at radius 2 is 1.80 bits per heavy atom. The van der Waals surface area contributed by atoms with Gasteiger partial charge in [-0.15, -0.1) is 0 Å². The molecule has 0 bridgehead atoms. The fraction of sp³-hybridized carbons (Fsp3) is 0.304. The average molecular weight is 510 g/mol. The Morgan fingerprint density at radius 1 is 1.13 bits per heavy atom. The lowest BCUT2D eigenvalue weighted by molar-refractivity contribution is 0.0517. The van der Waals surface area contributed by atoms with Gasteiger partial charge < -0.3 is 4.74 Å². The van der Waals surface area contributed by atoms with E-state index < -0.39 is 5.97 Å². The summed E-state index contributed by atoms with van der Waals surface area (Å²) in [4.78, 5) is 12.8. The van der Waals surface area contributed by atoms with Crippen LogP contribution < -0.4 is 0 Å². The van der Waals surface area contributed by atoms with E-state index in [1.54, 1.807) is 29.8 Å². The first-order valence-corrected chi connectivity index (χ1v) is 11.2. The van der Waals surface area contributed by atoms with Crippen LogP contribution in [-0.2, 0) is 11.2 Å². The van der Waals surface area contributed by atoms with Crippen molar-refractivity contribution in [2.45, 2.75) is 34.1 Å². The van der Waals surface area contributed by atoms with Crippen molar-refractivity contribution in [2.75, 3.05) is 6.61 Å². The van der Waals surface area contributed by atoms with E-state index in [-0.39, 0.29) is 12.0 Å². The molecule has 3 rings (SSSR count). The van der Waals surface area contributed by atoms with Gasteiger partial charge in [0.2, 0.25) is 0 Å². The van der Waals surface area contributed by atoms with Crippen LogP contribution in [0.15, 0.2) is 46.9 Å². The molecular formula is C23H23BrCl2N2O2. The first kappa shape index (κ1) is 22.9. The molecule has 0 atom stereocenters. The van der Waals surface area contributed by atoms with E-state index in [1.165, 1.54) is 0 Å². The van der Waals surface area contributed by atoms with Crippen molar-refractivity contribution in [1.82, 2.24) is 9.78 Å². The standard InChI is InChI=1S/C23H23BrCl2N2O2/c1-5-30-22(29)20-17(13-23(2,3)4)21(14-6-8-15(24)9-7-14)28(27-20)19-11-10-16(25)12-18(19)26/h6-12H,5,13H2,1-4H3. The van der Waals surface area contributed by atoms with Crippen LogP contribution in [0.1, 0.15) is 43.7 Å². The van der Waals surface area contributed by atoms with Gasteiger partial charge in [-0.05, 0) is 49.1 Å². The minimum absolute atomic E-state index is 0.0803. The lowest BCUT2D eigenvalue weighted by Gasteiger charge is -2.20. The fourth-order valence-electron chi connectivity index (χ4n) is 3.24. The first-order valence-electron chi connectivity index (χ1n) is 9.61. The van der Waals surface area contributed by atoms with E-state index in [0.717, 1.165) is 21.3 Å². The monoisotopic (exact) mass is 508 g/mol. The van der Waals surface area contributed by atoms with E-state index in [9.17, 15) is 4.79 Å². The smallest absolute Gasteiger partial charge is 0.359 e. The summed E-state index contributed by atoms with van der Waals surface area (Å²) in [6.07, 6.45) is 0.637. The third-order valence-corrected chi connectivity index (χ3v) is 5.48. The van der Waals surface area contributed by atoms with Crippen LogP contribution in [0.2, 0.25) is 10.0 Å². The third kappa shape index (κ3) is 5.08. The lowest BCUT2D eigenvalue weighted by Crippen LogP contribution is -2.14. The van der Waals surface area contributed by atoms with Crippen LogP contribution in [0.25, 0.3) is 16.9 Å². The molecule has 158 valence electrons. The van der Waals surface area contributed by atoms with E-state index in [1.807, 2.05) is 24.3 Å². The molecule has 0 fully saturated rings. The summed E-state index contributed by atoms with van der Waals surface area (Å²) in [7, 11) is 0. The molecule has 0 aliphatic rings. The quantitative estimate of drug-likeness (QED) is 0.337. The molecule has 0 unspecified atom stereocenters. The van der Waals surface area contributed by atoms with Gasteiger partial charge in [-0.3, -0.25) is 0 Å². The summed E-state index contributed by atoms with van der Waals surface area (Å²) in [5, 5.41) is 5.65. The highest BCUT2D eigenvalue weighted by atomic mass is 79.9. The van der Waals surface area contributed by atoms with Gasteiger partial charge in [0.15, 0.2) is 5.69 Å². The van der Waals surface area contributed by atoms with Gasteiger partial charge in [-0.1, -0.05) is 72.0 Å². The molecule has 30 heavy (non-hydrogen) atoms.